The molecule has 112 valence electrons. The number of aliphatic hydroxyl groups is 1. The van der Waals surface area contributed by atoms with Crippen molar-refractivity contribution < 1.29 is 14.6 Å². The molecule has 2 rings (SSSR count). The van der Waals surface area contributed by atoms with Crippen LogP contribution < -0.4 is 5.32 Å². The van der Waals surface area contributed by atoms with Gasteiger partial charge in [0.05, 0.1) is 0 Å². The molecule has 0 aromatic carbocycles. The molecule has 0 saturated carbocycles. The minimum Gasteiger partial charge on any atom is -0.396 e. The van der Waals surface area contributed by atoms with Crippen molar-refractivity contribution in [3.05, 3.63) is 24.0 Å². The highest BCUT2D eigenvalue weighted by atomic mass is 16.5. The Morgan fingerprint density at radius 3 is 2.80 bits per heavy atom. The number of rotatable bonds is 5. The van der Waals surface area contributed by atoms with E-state index in [0.29, 0.717) is 25.3 Å². The van der Waals surface area contributed by atoms with Gasteiger partial charge in [0.25, 0.3) is 5.91 Å². The minimum atomic E-state index is -0.337. The van der Waals surface area contributed by atoms with Gasteiger partial charge in [-0.15, -0.1) is 0 Å². The number of aliphatic hydroxyl groups excluding tert-OH is 1. The number of carbonyl (C=O) groups is 1. The summed E-state index contributed by atoms with van der Waals surface area (Å²) in [6.07, 6.45) is 4.00. The lowest BCUT2D eigenvalue weighted by Gasteiger charge is -2.37. The summed E-state index contributed by atoms with van der Waals surface area (Å²) >= 11 is 0. The molecule has 1 aliphatic rings. The first kappa shape index (κ1) is 15.1. The number of nitrogens with zero attached hydrogens (tertiary/aromatic N) is 1. The van der Waals surface area contributed by atoms with Crippen LogP contribution in [0, 0.1) is 0 Å². The van der Waals surface area contributed by atoms with Gasteiger partial charge < -0.3 is 19.7 Å². The predicted molar refractivity (Wildman–Crippen MR) is 76.8 cm³/mol. The lowest BCUT2D eigenvalue weighted by atomic mass is 9.86. The van der Waals surface area contributed by atoms with E-state index in [4.69, 9.17) is 4.74 Å². The number of hydrogen-bond acceptors (Lipinski definition) is 3. The highest BCUT2D eigenvalue weighted by Crippen LogP contribution is 2.25. The maximum absolute atomic E-state index is 12.5. The average molecular weight is 280 g/mol. The second kappa shape index (κ2) is 6.41. The van der Waals surface area contributed by atoms with Crippen LogP contribution >= 0.6 is 0 Å². The monoisotopic (exact) mass is 280 g/mol. The molecule has 2 heterocycles. The van der Waals surface area contributed by atoms with Crippen molar-refractivity contribution in [2.45, 2.75) is 44.7 Å². The molecule has 1 saturated heterocycles. The van der Waals surface area contributed by atoms with Crippen LogP contribution in [-0.2, 0) is 4.74 Å². The van der Waals surface area contributed by atoms with Crippen LogP contribution in [-0.4, -0.2) is 40.9 Å². The first-order valence-corrected chi connectivity index (χ1v) is 7.26. The highest BCUT2D eigenvalue weighted by Gasteiger charge is 2.34. The molecule has 5 heteroatoms. The molecule has 0 spiro atoms. The maximum Gasteiger partial charge on any atom is 0.268 e. The molecule has 0 aliphatic carbocycles. The first-order valence-electron chi connectivity index (χ1n) is 7.26. The number of hydrogen-bond donors (Lipinski definition) is 2. The Kier molecular flexibility index (Phi) is 4.83. The molecule has 1 aliphatic heterocycles. The van der Waals surface area contributed by atoms with Crippen molar-refractivity contribution in [1.82, 2.24) is 9.88 Å². The van der Waals surface area contributed by atoms with Gasteiger partial charge in [0, 0.05) is 37.6 Å². The van der Waals surface area contributed by atoms with Crippen molar-refractivity contribution in [2.75, 3.05) is 19.8 Å². The number of nitrogens with one attached hydrogen (secondary N) is 1. The van der Waals surface area contributed by atoms with Crippen LogP contribution in [0.5, 0.6) is 0 Å². The third-order valence-corrected chi connectivity index (χ3v) is 3.99. The van der Waals surface area contributed by atoms with Crippen molar-refractivity contribution in [3.8, 4) is 0 Å². The highest BCUT2D eigenvalue weighted by molar-refractivity contribution is 5.93. The Balaban J connectivity index is 2.13. The molecule has 1 aromatic heterocycles. The Hall–Kier alpha value is -1.33. The van der Waals surface area contributed by atoms with Gasteiger partial charge >= 0.3 is 0 Å². The van der Waals surface area contributed by atoms with Gasteiger partial charge in [-0.25, -0.2) is 0 Å². The molecule has 1 fully saturated rings. The quantitative estimate of drug-likeness (QED) is 0.863. The smallest absolute Gasteiger partial charge is 0.268 e. The number of carbonyl (C=O) groups excluding carboxylic acids is 1. The zero-order chi connectivity index (χ0) is 14.6. The molecular formula is C15H24N2O3. The fourth-order valence-electron chi connectivity index (χ4n) is 2.76. The molecular weight excluding hydrogens is 256 g/mol. The molecule has 5 nitrogen and oxygen atoms in total. The summed E-state index contributed by atoms with van der Waals surface area (Å²) < 4.78 is 7.33. The fraction of sp³-hybridized carbons (Fsp3) is 0.667. The lowest BCUT2D eigenvalue weighted by Crippen LogP contribution is -2.52. The molecule has 20 heavy (non-hydrogen) atoms. The van der Waals surface area contributed by atoms with Crippen LogP contribution in [0.25, 0.3) is 0 Å². The summed E-state index contributed by atoms with van der Waals surface area (Å²) in [6, 6.07) is 3.97. The first-order chi connectivity index (χ1) is 9.58. The third kappa shape index (κ3) is 3.22. The Bertz CT molecular complexity index is 442. The SMILES string of the molecule is CC(C)n1cccc1C(=O)NC1(CCO)CCOCC1. The van der Waals surface area contributed by atoms with Gasteiger partial charge in [-0.05, 0) is 45.2 Å². The number of ether oxygens (including phenoxy) is 1. The standard InChI is InChI=1S/C15H24N2O3/c1-12(2)17-8-3-4-13(17)14(19)16-15(5-9-18)6-10-20-11-7-15/h3-4,8,12,18H,5-7,9-11H2,1-2H3,(H,16,19). The van der Waals surface area contributed by atoms with Crippen molar-refractivity contribution in [2.24, 2.45) is 0 Å². The second-order valence-corrected chi connectivity index (χ2v) is 5.71. The second-order valence-electron chi connectivity index (χ2n) is 5.71. The van der Waals surface area contributed by atoms with Crippen LogP contribution in [0.2, 0.25) is 0 Å². The van der Waals surface area contributed by atoms with E-state index in [0.717, 1.165) is 12.8 Å². The molecule has 0 radical (unpaired) electrons. The van der Waals surface area contributed by atoms with E-state index in [1.54, 1.807) is 0 Å². The molecule has 0 bridgehead atoms. The number of aromatic nitrogens is 1. The summed E-state index contributed by atoms with van der Waals surface area (Å²) in [6.45, 7) is 5.44. The Labute approximate surface area is 119 Å². The fourth-order valence-corrected chi connectivity index (χ4v) is 2.76. The summed E-state index contributed by atoms with van der Waals surface area (Å²) in [4.78, 5) is 12.5. The summed E-state index contributed by atoms with van der Waals surface area (Å²) in [5.41, 5.74) is 0.333. The molecule has 0 unspecified atom stereocenters. The zero-order valence-corrected chi connectivity index (χ0v) is 12.3. The van der Waals surface area contributed by atoms with Crippen molar-refractivity contribution in [1.29, 1.82) is 0 Å². The summed E-state index contributed by atoms with van der Waals surface area (Å²) in [5, 5.41) is 12.4. The molecule has 0 atom stereocenters. The minimum absolute atomic E-state index is 0.0703. The van der Waals surface area contributed by atoms with Gasteiger partial charge in [0.1, 0.15) is 5.69 Å². The van der Waals surface area contributed by atoms with Crippen molar-refractivity contribution >= 4 is 5.91 Å². The maximum atomic E-state index is 12.5. The topological polar surface area (TPSA) is 63.5 Å². The Morgan fingerprint density at radius 1 is 1.50 bits per heavy atom. The van der Waals surface area contributed by atoms with E-state index in [1.165, 1.54) is 0 Å². The lowest BCUT2D eigenvalue weighted by molar-refractivity contribution is 0.0264. The third-order valence-electron chi connectivity index (χ3n) is 3.99. The van der Waals surface area contributed by atoms with Crippen LogP contribution in [0.3, 0.4) is 0 Å². The predicted octanol–water partition coefficient (Wildman–Crippen LogP) is 1.73. The summed E-state index contributed by atoms with van der Waals surface area (Å²) in [7, 11) is 0. The van der Waals surface area contributed by atoms with Crippen LogP contribution in [0.15, 0.2) is 18.3 Å². The zero-order valence-electron chi connectivity index (χ0n) is 12.3. The van der Waals surface area contributed by atoms with E-state index in [-0.39, 0.29) is 24.1 Å². The number of amides is 1. The normalized spacial score (nSPS) is 18.2. The van der Waals surface area contributed by atoms with E-state index < -0.39 is 0 Å². The largest absolute Gasteiger partial charge is 0.396 e. The van der Waals surface area contributed by atoms with Gasteiger partial charge in [0.15, 0.2) is 0 Å². The van der Waals surface area contributed by atoms with Crippen molar-refractivity contribution in [3.63, 3.8) is 0 Å². The van der Waals surface area contributed by atoms with Gasteiger partial charge in [-0.3, -0.25) is 4.79 Å². The van der Waals surface area contributed by atoms with E-state index in [1.807, 2.05) is 22.9 Å². The van der Waals surface area contributed by atoms with Crippen LogP contribution in [0.4, 0.5) is 0 Å². The van der Waals surface area contributed by atoms with Gasteiger partial charge in [-0.2, -0.15) is 0 Å². The molecule has 2 N–H and O–H groups in total. The summed E-state index contributed by atoms with van der Waals surface area (Å²) in [5.74, 6) is -0.0703. The molecule has 1 amide bonds. The average Bonchev–Trinajstić information content (AvgIpc) is 2.89. The van der Waals surface area contributed by atoms with Crippen LogP contribution in [0.1, 0.15) is 49.6 Å². The van der Waals surface area contributed by atoms with E-state index in [2.05, 4.69) is 19.2 Å². The van der Waals surface area contributed by atoms with Gasteiger partial charge in [0.2, 0.25) is 0 Å². The Morgan fingerprint density at radius 2 is 2.20 bits per heavy atom. The van der Waals surface area contributed by atoms with Gasteiger partial charge in [-0.1, -0.05) is 0 Å². The van der Waals surface area contributed by atoms with E-state index in [9.17, 15) is 9.90 Å². The molecule has 1 aromatic rings. The van der Waals surface area contributed by atoms with E-state index >= 15 is 0 Å².